The number of benzene rings is 1. The first-order valence-electron chi connectivity index (χ1n) is 11.0. The van der Waals surface area contributed by atoms with E-state index in [1.807, 2.05) is 18.2 Å². The molecule has 0 bridgehead atoms. The second-order valence-corrected chi connectivity index (χ2v) is 9.06. The fraction of sp³-hybridized carbons (Fsp3) is 0.435. The van der Waals surface area contributed by atoms with E-state index in [4.69, 9.17) is 31.8 Å². The minimum atomic E-state index is -0.796. The molecule has 1 fully saturated rings. The molecule has 2 aliphatic rings. The van der Waals surface area contributed by atoms with Gasteiger partial charge in [-0.1, -0.05) is 11.6 Å². The monoisotopic (exact) mass is 473 g/mol. The maximum atomic E-state index is 15.2. The van der Waals surface area contributed by atoms with Gasteiger partial charge in [0.05, 0.1) is 29.5 Å². The van der Waals surface area contributed by atoms with Crippen molar-refractivity contribution in [2.45, 2.75) is 51.2 Å². The van der Waals surface area contributed by atoms with Gasteiger partial charge in [0, 0.05) is 30.5 Å². The smallest absolute Gasteiger partial charge is 0.258 e. The van der Waals surface area contributed by atoms with E-state index in [1.54, 1.807) is 12.4 Å². The predicted octanol–water partition coefficient (Wildman–Crippen LogP) is 3.62. The van der Waals surface area contributed by atoms with E-state index < -0.39 is 11.7 Å². The van der Waals surface area contributed by atoms with Crippen LogP contribution in [0.5, 0.6) is 5.75 Å². The Bertz CT molecular complexity index is 1240. The molecule has 1 saturated heterocycles. The van der Waals surface area contributed by atoms with E-state index >= 15 is 4.39 Å². The Balaban J connectivity index is 1.63. The number of aromatic nitrogens is 3. The molecule has 174 valence electrons. The van der Waals surface area contributed by atoms with Gasteiger partial charge in [0.2, 0.25) is 0 Å². The number of hydrogen-bond donors (Lipinski definition) is 2. The van der Waals surface area contributed by atoms with Gasteiger partial charge >= 0.3 is 0 Å². The van der Waals surface area contributed by atoms with E-state index in [-0.39, 0.29) is 34.4 Å². The van der Waals surface area contributed by atoms with Crippen LogP contribution in [0.15, 0.2) is 18.5 Å². The molecule has 2 aliphatic heterocycles. The van der Waals surface area contributed by atoms with Crippen LogP contribution in [0.3, 0.4) is 0 Å². The molecule has 0 spiro atoms. The molecular weight excluding hydrogens is 449 g/mol. The Labute approximate surface area is 195 Å². The number of nitrogens with two attached hydrogens (primary N) is 1. The largest absolute Gasteiger partial charge is 0.489 e. The lowest BCUT2D eigenvalue weighted by Gasteiger charge is -2.32. The van der Waals surface area contributed by atoms with Crippen molar-refractivity contribution in [2.75, 3.05) is 18.9 Å². The number of fused-ring (bicyclic) bond motifs is 2. The van der Waals surface area contributed by atoms with Crippen molar-refractivity contribution < 1.29 is 18.7 Å². The van der Waals surface area contributed by atoms with E-state index in [2.05, 4.69) is 10.3 Å². The van der Waals surface area contributed by atoms with Gasteiger partial charge in [-0.3, -0.25) is 9.20 Å². The first-order valence-corrected chi connectivity index (χ1v) is 11.4. The van der Waals surface area contributed by atoms with E-state index in [1.165, 1.54) is 6.07 Å². The highest BCUT2D eigenvalue weighted by molar-refractivity contribution is 6.31. The van der Waals surface area contributed by atoms with Gasteiger partial charge in [-0.15, -0.1) is 0 Å². The van der Waals surface area contributed by atoms with Crippen molar-refractivity contribution in [3.8, 4) is 5.75 Å². The number of ether oxygens (including phenoxy) is 2. The van der Waals surface area contributed by atoms with Crippen LogP contribution in [0.2, 0.25) is 5.02 Å². The molecular formula is C23H25ClFN5O3. The molecule has 0 radical (unpaired) electrons. The third-order valence-corrected chi connectivity index (χ3v) is 6.56. The van der Waals surface area contributed by atoms with Gasteiger partial charge in [0.15, 0.2) is 5.82 Å². The topological polar surface area (TPSA) is 104 Å². The number of anilines is 1. The summed E-state index contributed by atoms with van der Waals surface area (Å²) in [7, 11) is 0. The molecule has 0 saturated carbocycles. The zero-order valence-corrected chi connectivity index (χ0v) is 19.2. The summed E-state index contributed by atoms with van der Waals surface area (Å²) in [6, 6.07) is 1.34. The Morgan fingerprint density at radius 3 is 3.00 bits per heavy atom. The molecule has 1 unspecified atom stereocenters. The Hall–Kier alpha value is -2.91. The second-order valence-electron chi connectivity index (χ2n) is 8.66. The van der Waals surface area contributed by atoms with E-state index in [0.29, 0.717) is 36.8 Å². The third kappa shape index (κ3) is 3.79. The van der Waals surface area contributed by atoms with E-state index in [9.17, 15) is 4.79 Å². The molecule has 1 amide bonds. The predicted molar refractivity (Wildman–Crippen MR) is 121 cm³/mol. The molecule has 1 aromatic carbocycles. The second kappa shape index (κ2) is 8.46. The highest BCUT2D eigenvalue weighted by atomic mass is 35.5. The Morgan fingerprint density at radius 1 is 1.42 bits per heavy atom. The first kappa shape index (κ1) is 21.9. The summed E-state index contributed by atoms with van der Waals surface area (Å²) in [6.45, 7) is 4.80. The fourth-order valence-corrected chi connectivity index (χ4v) is 5.01. The number of imidazole rings is 1. The zero-order valence-electron chi connectivity index (χ0n) is 18.4. The Morgan fingerprint density at radius 2 is 2.24 bits per heavy atom. The fourth-order valence-electron chi connectivity index (χ4n) is 4.80. The Kier molecular flexibility index (Phi) is 5.62. The summed E-state index contributed by atoms with van der Waals surface area (Å²) in [4.78, 5) is 22.1. The summed E-state index contributed by atoms with van der Waals surface area (Å²) < 4.78 is 28.6. The molecule has 3 N–H and O–H groups in total. The number of rotatable bonds is 3. The number of carbonyl (C=O) groups excluding carboxylic acids is 1. The van der Waals surface area contributed by atoms with Gasteiger partial charge in [-0.05, 0) is 39.2 Å². The van der Waals surface area contributed by atoms with Gasteiger partial charge in [-0.25, -0.2) is 14.4 Å². The van der Waals surface area contributed by atoms with Gasteiger partial charge in [0.1, 0.15) is 28.5 Å². The third-order valence-electron chi connectivity index (χ3n) is 6.28. The minimum absolute atomic E-state index is 0.138. The molecule has 4 heterocycles. The van der Waals surface area contributed by atoms with Crippen LogP contribution in [0.4, 0.5) is 10.2 Å². The number of halogens is 2. The molecule has 0 aliphatic carbocycles. The van der Waals surface area contributed by atoms with Gasteiger partial charge < -0.3 is 20.5 Å². The molecule has 3 atom stereocenters. The van der Waals surface area contributed by atoms with Crippen LogP contribution in [0.25, 0.3) is 5.52 Å². The number of hydrogen-bond acceptors (Lipinski definition) is 6. The molecule has 2 aromatic heterocycles. The molecule has 3 aromatic rings. The van der Waals surface area contributed by atoms with Gasteiger partial charge in [-0.2, -0.15) is 0 Å². The highest BCUT2D eigenvalue weighted by Gasteiger charge is 2.37. The molecule has 33 heavy (non-hydrogen) atoms. The first-order chi connectivity index (χ1) is 15.8. The van der Waals surface area contributed by atoms with Crippen LogP contribution in [-0.4, -0.2) is 45.6 Å². The number of amides is 1. The van der Waals surface area contributed by atoms with Crippen molar-refractivity contribution in [3.63, 3.8) is 0 Å². The minimum Gasteiger partial charge on any atom is -0.489 e. The van der Waals surface area contributed by atoms with Crippen LogP contribution in [-0.2, 0) is 4.74 Å². The van der Waals surface area contributed by atoms with Gasteiger partial charge in [0.25, 0.3) is 5.91 Å². The number of aryl methyl sites for hydroxylation is 1. The van der Waals surface area contributed by atoms with Crippen LogP contribution < -0.4 is 15.8 Å². The number of nitrogen functional groups attached to an aromatic ring is 1. The molecule has 5 rings (SSSR count). The highest BCUT2D eigenvalue weighted by Crippen LogP contribution is 2.45. The lowest BCUT2D eigenvalue weighted by molar-refractivity contribution is 0.0618. The van der Waals surface area contributed by atoms with Crippen LogP contribution in [0.1, 0.15) is 59.5 Å². The average Bonchev–Trinajstić information content (AvgIpc) is 3.13. The summed E-state index contributed by atoms with van der Waals surface area (Å²) in [5, 5.41) is 2.74. The number of carbonyl (C=O) groups is 1. The van der Waals surface area contributed by atoms with Crippen LogP contribution >= 0.6 is 11.6 Å². The molecule has 10 heteroatoms. The summed E-state index contributed by atoms with van der Waals surface area (Å²) in [5.74, 6) is -0.355. The normalized spacial score (nSPS) is 22.6. The maximum Gasteiger partial charge on any atom is 0.258 e. The van der Waals surface area contributed by atoms with Crippen molar-refractivity contribution in [2.24, 2.45) is 0 Å². The lowest BCUT2D eigenvalue weighted by Crippen LogP contribution is -2.41. The summed E-state index contributed by atoms with van der Waals surface area (Å²) >= 11 is 6.28. The van der Waals surface area contributed by atoms with Crippen molar-refractivity contribution in [3.05, 3.63) is 51.9 Å². The molecule has 8 nitrogen and oxygen atoms in total. The van der Waals surface area contributed by atoms with Crippen LogP contribution in [0, 0.1) is 12.7 Å². The van der Waals surface area contributed by atoms with E-state index in [0.717, 1.165) is 24.1 Å². The summed E-state index contributed by atoms with van der Waals surface area (Å²) in [6.07, 6.45) is 5.31. The van der Waals surface area contributed by atoms with Crippen molar-refractivity contribution in [1.29, 1.82) is 0 Å². The number of nitrogens with one attached hydrogen (secondary N) is 1. The SMILES string of the molecule is Cc1nc([C@H]2CC(C)Oc3c2cc(Cl)c(F)c3C(=O)N[C@@H]2CCCOC2)n2ccnc(N)c12. The lowest BCUT2D eigenvalue weighted by atomic mass is 9.87. The standard InChI is InChI=1S/C23H25ClFN5O3/c1-11-8-15(22-28-12(2)19-21(26)27-5-6-30(19)22)14-9-16(24)18(25)17(20(14)33-11)23(31)29-13-4-3-7-32-10-13/h5-6,9,11,13,15H,3-4,7-8,10H2,1-2H3,(H2,26,27)(H,29,31)/t11?,13-,15+/m1/s1. The maximum absolute atomic E-state index is 15.2. The quantitative estimate of drug-likeness (QED) is 0.602. The van der Waals surface area contributed by atoms with Crippen molar-refractivity contribution >= 4 is 28.8 Å². The summed E-state index contributed by atoms with van der Waals surface area (Å²) in [5.41, 5.74) is 7.98. The zero-order chi connectivity index (χ0) is 23.3. The average molecular weight is 474 g/mol. The number of nitrogens with zero attached hydrogens (tertiary/aromatic N) is 3. The van der Waals surface area contributed by atoms with Crippen molar-refractivity contribution in [1.82, 2.24) is 19.7 Å².